The Balaban J connectivity index is 1.30. The summed E-state index contributed by atoms with van der Waals surface area (Å²) < 4.78 is 1.66. The number of nitrogens with one attached hydrogen (secondary N) is 1. The molecule has 7 rings (SSSR count). The van der Waals surface area contributed by atoms with E-state index in [9.17, 15) is 19.2 Å². The molecule has 2 aliphatic heterocycles. The van der Waals surface area contributed by atoms with Crippen LogP contribution in [0.4, 0.5) is 5.82 Å². The fourth-order valence-electron chi connectivity index (χ4n) is 7.80. The van der Waals surface area contributed by atoms with E-state index < -0.39 is 6.04 Å². The molecule has 12 heteroatoms. The van der Waals surface area contributed by atoms with E-state index in [1.807, 2.05) is 46.0 Å². The lowest BCUT2D eigenvalue weighted by atomic mass is 9.96. The molecule has 1 saturated heterocycles. The summed E-state index contributed by atoms with van der Waals surface area (Å²) in [5, 5.41) is 8.41. The van der Waals surface area contributed by atoms with Crippen LogP contribution in [0.25, 0.3) is 22.0 Å². The van der Waals surface area contributed by atoms with Gasteiger partial charge in [-0.1, -0.05) is 12.5 Å². The third kappa shape index (κ3) is 6.08. The van der Waals surface area contributed by atoms with E-state index in [0.717, 1.165) is 52.7 Å². The number of anilines is 1. The lowest BCUT2D eigenvalue weighted by Gasteiger charge is -2.27. The minimum Gasteiger partial charge on any atom is -0.345 e. The van der Waals surface area contributed by atoms with Gasteiger partial charge in [-0.05, 0) is 87.8 Å². The van der Waals surface area contributed by atoms with Gasteiger partial charge in [-0.3, -0.25) is 23.9 Å². The Labute approximate surface area is 285 Å². The van der Waals surface area contributed by atoms with Crippen LogP contribution in [0.5, 0.6) is 0 Å². The maximum absolute atomic E-state index is 14.5. The van der Waals surface area contributed by atoms with E-state index >= 15 is 0 Å². The number of hydrogen-bond acceptors (Lipinski definition) is 8. The number of rotatable bonds is 4. The molecule has 0 spiro atoms. The van der Waals surface area contributed by atoms with E-state index in [-0.39, 0.29) is 41.5 Å². The Kier molecular flexibility index (Phi) is 8.28. The zero-order chi connectivity index (χ0) is 34.6. The Morgan fingerprint density at radius 2 is 1.69 bits per heavy atom. The molecule has 254 valence electrons. The number of aryl methyl sites for hydroxylation is 4. The van der Waals surface area contributed by atoms with E-state index in [0.29, 0.717) is 55.0 Å². The number of pyridine rings is 1. The van der Waals surface area contributed by atoms with Crippen molar-refractivity contribution < 1.29 is 19.2 Å². The lowest BCUT2D eigenvalue weighted by molar-refractivity contribution is -0.138. The number of nitrogens with zero attached hydrogens (tertiary/aromatic N) is 7. The fourth-order valence-corrected chi connectivity index (χ4v) is 7.80. The number of hydrogen-bond donors (Lipinski definition) is 1. The second kappa shape index (κ2) is 12.5. The van der Waals surface area contributed by atoms with E-state index in [2.05, 4.69) is 26.3 Å². The van der Waals surface area contributed by atoms with Crippen LogP contribution in [-0.2, 0) is 27.3 Å². The zero-order valence-electron chi connectivity index (χ0n) is 28.7. The van der Waals surface area contributed by atoms with Crippen LogP contribution in [0.1, 0.15) is 78.6 Å². The number of aromatic nitrogens is 5. The predicted molar refractivity (Wildman–Crippen MR) is 184 cm³/mol. The van der Waals surface area contributed by atoms with Crippen LogP contribution in [0.2, 0.25) is 0 Å². The van der Waals surface area contributed by atoms with Gasteiger partial charge < -0.3 is 15.1 Å². The SMILES string of the molecule is CC(=O)c1nn2c3c(cc(-c4cnc(C)nc4)cc13)CCCCCC(=O)N(C)C[C@@]13C[C@@H](C(=O)Nc4nc(C)ccc4C)N(C(=O)C2)[C@@H]1C3. The first-order valence-electron chi connectivity index (χ1n) is 17.1. The summed E-state index contributed by atoms with van der Waals surface area (Å²) >= 11 is 0. The highest BCUT2D eigenvalue weighted by Gasteiger charge is 2.67. The van der Waals surface area contributed by atoms with Gasteiger partial charge in [0.25, 0.3) is 0 Å². The maximum atomic E-state index is 14.5. The molecule has 3 atom stereocenters. The van der Waals surface area contributed by atoms with Gasteiger partial charge in [0.2, 0.25) is 17.7 Å². The van der Waals surface area contributed by atoms with E-state index in [4.69, 9.17) is 5.10 Å². The highest BCUT2D eigenvalue weighted by atomic mass is 16.2. The molecule has 2 fully saturated rings. The first kappa shape index (κ1) is 32.5. The minimum absolute atomic E-state index is 0.0745. The van der Waals surface area contributed by atoms with Crippen molar-refractivity contribution >= 4 is 40.2 Å². The molecule has 1 aromatic carbocycles. The Morgan fingerprint density at radius 3 is 2.45 bits per heavy atom. The molecule has 2 bridgehead atoms. The smallest absolute Gasteiger partial charge is 0.248 e. The third-order valence-electron chi connectivity index (χ3n) is 10.5. The Morgan fingerprint density at radius 1 is 0.939 bits per heavy atom. The first-order valence-corrected chi connectivity index (χ1v) is 17.1. The number of amides is 3. The molecule has 1 N–H and O–H groups in total. The van der Waals surface area contributed by atoms with Crippen molar-refractivity contribution in [1.29, 1.82) is 0 Å². The highest BCUT2D eigenvalue weighted by Crippen LogP contribution is 2.60. The van der Waals surface area contributed by atoms with Gasteiger partial charge in [0, 0.05) is 67.4 Å². The molecule has 3 aliphatic rings. The summed E-state index contributed by atoms with van der Waals surface area (Å²) in [5.74, 6) is 0.460. The van der Waals surface area contributed by atoms with Crippen LogP contribution in [0.3, 0.4) is 0 Å². The molecule has 3 amide bonds. The second-order valence-corrected chi connectivity index (χ2v) is 14.1. The standard InChI is InChI=1S/C37H42N8O4/c1-21-11-12-22(2)40-35(21)41-36(49)29-15-37-16-30(37)45(29)32(48)19-44-34-25(9-7-6-8-10-31(47)43(5)20-37)13-26(27-17-38-24(4)39-18-27)14-28(34)33(42-44)23(3)46/h11-14,17-18,29-30H,6-10,15-16,19-20H2,1-5H3,(H,40,41,49)/t29-,30+,37-/m0/s1. The van der Waals surface area contributed by atoms with Gasteiger partial charge in [-0.25, -0.2) is 15.0 Å². The molecule has 49 heavy (non-hydrogen) atoms. The number of ketones is 1. The van der Waals surface area contributed by atoms with Crippen LogP contribution in [0, 0.1) is 26.2 Å². The Hall–Kier alpha value is -5.00. The van der Waals surface area contributed by atoms with Crippen molar-refractivity contribution in [2.24, 2.45) is 5.41 Å². The van der Waals surface area contributed by atoms with Gasteiger partial charge in [-0.2, -0.15) is 5.10 Å². The lowest BCUT2D eigenvalue weighted by Crippen LogP contribution is -2.47. The molecular formula is C37H42N8O4. The normalized spacial score (nSPS) is 22.7. The number of carbonyl (C=O) groups is 4. The monoisotopic (exact) mass is 662 g/mol. The third-order valence-corrected chi connectivity index (χ3v) is 10.5. The van der Waals surface area contributed by atoms with Crippen molar-refractivity contribution in [3.63, 3.8) is 0 Å². The van der Waals surface area contributed by atoms with Gasteiger partial charge in [0.1, 0.15) is 29.9 Å². The van der Waals surface area contributed by atoms with Crippen LogP contribution in [0.15, 0.2) is 36.7 Å². The first-order chi connectivity index (χ1) is 23.4. The molecule has 0 unspecified atom stereocenters. The molecule has 0 radical (unpaired) electrons. The van der Waals surface area contributed by atoms with E-state index in [1.165, 1.54) is 6.92 Å². The summed E-state index contributed by atoms with van der Waals surface area (Å²) in [7, 11) is 1.82. The van der Waals surface area contributed by atoms with Crippen molar-refractivity contribution in [2.45, 2.75) is 91.3 Å². The maximum Gasteiger partial charge on any atom is 0.248 e. The predicted octanol–water partition coefficient (Wildman–Crippen LogP) is 4.59. The van der Waals surface area contributed by atoms with Crippen LogP contribution >= 0.6 is 0 Å². The summed E-state index contributed by atoms with van der Waals surface area (Å²) in [4.78, 5) is 71.5. The summed E-state index contributed by atoms with van der Waals surface area (Å²) in [6, 6.07) is 6.87. The summed E-state index contributed by atoms with van der Waals surface area (Å²) in [6.07, 6.45) is 8.23. The van der Waals surface area contributed by atoms with Crippen molar-refractivity contribution in [3.8, 4) is 11.1 Å². The van der Waals surface area contributed by atoms with Crippen molar-refractivity contribution in [2.75, 3.05) is 18.9 Å². The van der Waals surface area contributed by atoms with E-state index in [1.54, 1.807) is 26.9 Å². The molecule has 3 aromatic heterocycles. The average Bonchev–Trinajstić information content (AvgIpc) is 3.45. The quantitative estimate of drug-likeness (QED) is 0.313. The fraction of sp³-hybridized carbons (Fsp3) is 0.459. The molecule has 12 nitrogen and oxygen atoms in total. The van der Waals surface area contributed by atoms with Crippen LogP contribution < -0.4 is 5.32 Å². The zero-order valence-corrected chi connectivity index (χ0v) is 28.7. The number of Topliss-reactive ketones (excluding diaryl/α,β-unsaturated/α-hetero) is 1. The van der Waals surface area contributed by atoms with Crippen molar-refractivity contribution in [3.05, 3.63) is 65.0 Å². The molecular weight excluding hydrogens is 620 g/mol. The van der Waals surface area contributed by atoms with Gasteiger partial charge in [0.15, 0.2) is 5.78 Å². The van der Waals surface area contributed by atoms with Gasteiger partial charge >= 0.3 is 0 Å². The number of piperidine rings is 1. The average molecular weight is 663 g/mol. The molecule has 1 aliphatic carbocycles. The summed E-state index contributed by atoms with van der Waals surface area (Å²) in [5.41, 5.74) is 4.90. The Bertz CT molecular complexity index is 2000. The van der Waals surface area contributed by atoms with Gasteiger partial charge in [-0.15, -0.1) is 0 Å². The molecule has 5 heterocycles. The number of carbonyl (C=O) groups excluding carboxylic acids is 4. The molecule has 1 saturated carbocycles. The molecule has 4 aromatic rings. The minimum atomic E-state index is -0.742. The highest BCUT2D eigenvalue weighted by molar-refractivity contribution is 6.07. The summed E-state index contributed by atoms with van der Waals surface area (Å²) in [6.45, 7) is 7.42. The second-order valence-electron chi connectivity index (χ2n) is 14.1. The van der Waals surface area contributed by atoms with Gasteiger partial charge in [0.05, 0.1) is 5.52 Å². The van der Waals surface area contributed by atoms with Crippen molar-refractivity contribution in [1.82, 2.24) is 34.5 Å². The largest absolute Gasteiger partial charge is 0.345 e. The topological polar surface area (TPSA) is 143 Å². The number of benzene rings is 1. The van der Waals surface area contributed by atoms with Crippen LogP contribution in [-0.4, -0.2) is 83.7 Å².